The summed E-state index contributed by atoms with van der Waals surface area (Å²) in [5.74, 6) is 0. The maximum atomic E-state index is 9.44. The van der Waals surface area contributed by atoms with Gasteiger partial charge in [-0.1, -0.05) is 13.3 Å². The molecule has 100 valence electrons. The number of nitrogens with zero attached hydrogens (tertiary/aromatic N) is 1. The molecule has 0 aromatic rings. The molecule has 2 rings (SSSR count). The highest BCUT2D eigenvalue weighted by Gasteiger charge is 2.39. The van der Waals surface area contributed by atoms with Crippen molar-refractivity contribution >= 4 is 0 Å². The molecule has 0 amide bonds. The zero-order chi connectivity index (χ0) is 12.3. The SMILES string of the molecule is CCCCN(C1CC1)C1CCCC(N)(CO)C1. The van der Waals surface area contributed by atoms with Crippen molar-refractivity contribution in [3.63, 3.8) is 0 Å². The molecule has 2 aliphatic rings. The fourth-order valence-electron chi connectivity index (χ4n) is 3.20. The van der Waals surface area contributed by atoms with E-state index in [2.05, 4.69) is 11.8 Å². The van der Waals surface area contributed by atoms with Crippen LogP contribution >= 0.6 is 0 Å². The molecule has 3 nitrogen and oxygen atoms in total. The summed E-state index contributed by atoms with van der Waals surface area (Å²) in [5.41, 5.74) is 5.96. The topological polar surface area (TPSA) is 49.5 Å². The van der Waals surface area contributed by atoms with E-state index in [9.17, 15) is 5.11 Å². The molecule has 2 aliphatic carbocycles. The summed E-state index contributed by atoms with van der Waals surface area (Å²) in [6.07, 6.45) is 9.74. The van der Waals surface area contributed by atoms with Crippen LogP contribution < -0.4 is 5.73 Å². The molecule has 0 spiro atoms. The number of unbranched alkanes of at least 4 members (excludes halogenated alkanes) is 1. The van der Waals surface area contributed by atoms with E-state index in [0.29, 0.717) is 6.04 Å². The minimum atomic E-state index is -0.303. The smallest absolute Gasteiger partial charge is 0.0611 e. The molecule has 2 atom stereocenters. The molecule has 2 saturated carbocycles. The Bertz CT molecular complexity index is 242. The quantitative estimate of drug-likeness (QED) is 0.745. The maximum absolute atomic E-state index is 9.44. The summed E-state index contributed by atoms with van der Waals surface area (Å²) in [7, 11) is 0. The van der Waals surface area contributed by atoms with Crippen LogP contribution in [0.4, 0.5) is 0 Å². The molecular weight excluding hydrogens is 212 g/mol. The Kier molecular flexibility index (Phi) is 4.45. The molecule has 0 aromatic heterocycles. The number of aliphatic hydroxyl groups is 1. The van der Waals surface area contributed by atoms with E-state index in [-0.39, 0.29) is 12.1 Å². The van der Waals surface area contributed by atoms with Crippen molar-refractivity contribution in [1.82, 2.24) is 4.90 Å². The second-order valence-electron chi connectivity index (χ2n) is 6.09. The number of rotatable bonds is 6. The van der Waals surface area contributed by atoms with Gasteiger partial charge in [0.2, 0.25) is 0 Å². The standard InChI is InChI=1S/C14H28N2O/c1-2-3-9-16(12-6-7-12)13-5-4-8-14(15,10-13)11-17/h12-13,17H,2-11,15H2,1H3. The normalized spacial score (nSPS) is 34.2. The minimum Gasteiger partial charge on any atom is -0.394 e. The van der Waals surface area contributed by atoms with Gasteiger partial charge in [0, 0.05) is 17.6 Å². The van der Waals surface area contributed by atoms with Gasteiger partial charge in [0.1, 0.15) is 0 Å². The zero-order valence-electron chi connectivity index (χ0n) is 11.2. The van der Waals surface area contributed by atoms with Crippen molar-refractivity contribution in [1.29, 1.82) is 0 Å². The molecular formula is C14H28N2O. The highest BCUT2D eigenvalue weighted by atomic mass is 16.3. The molecule has 2 unspecified atom stereocenters. The van der Waals surface area contributed by atoms with Gasteiger partial charge in [-0.2, -0.15) is 0 Å². The lowest BCUT2D eigenvalue weighted by atomic mass is 9.79. The summed E-state index contributed by atoms with van der Waals surface area (Å²) in [6.45, 7) is 3.63. The first-order valence-electron chi connectivity index (χ1n) is 7.34. The predicted molar refractivity (Wildman–Crippen MR) is 70.9 cm³/mol. The average molecular weight is 240 g/mol. The van der Waals surface area contributed by atoms with Gasteiger partial charge in [-0.25, -0.2) is 0 Å². The maximum Gasteiger partial charge on any atom is 0.0611 e. The molecule has 0 radical (unpaired) electrons. The third-order valence-electron chi connectivity index (χ3n) is 4.42. The first-order valence-corrected chi connectivity index (χ1v) is 7.34. The van der Waals surface area contributed by atoms with Crippen molar-refractivity contribution in [2.75, 3.05) is 13.2 Å². The average Bonchev–Trinajstić information content (AvgIpc) is 3.14. The summed E-state index contributed by atoms with van der Waals surface area (Å²) >= 11 is 0. The van der Waals surface area contributed by atoms with E-state index in [1.165, 1.54) is 45.1 Å². The fourth-order valence-corrected chi connectivity index (χ4v) is 3.20. The van der Waals surface area contributed by atoms with Crippen LogP contribution in [0.1, 0.15) is 58.3 Å². The lowest BCUT2D eigenvalue weighted by molar-refractivity contribution is 0.0754. The Labute approximate surface area is 105 Å². The molecule has 3 N–H and O–H groups in total. The molecule has 0 saturated heterocycles. The molecule has 3 heteroatoms. The lowest BCUT2D eigenvalue weighted by Crippen LogP contribution is -2.53. The Balaban J connectivity index is 1.93. The lowest BCUT2D eigenvalue weighted by Gasteiger charge is -2.42. The number of nitrogens with two attached hydrogens (primary N) is 1. The van der Waals surface area contributed by atoms with Crippen molar-refractivity contribution in [2.24, 2.45) is 5.73 Å². The van der Waals surface area contributed by atoms with Gasteiger partial charge in [-0.15, -0.1) is 0 Å². The number of hydrogen-bond acceptors (Lipinski definition) is 3. The summed E-state index contributed by atoms with van der Waals surface area (Å²) in [5, 5.41) is 9.44. The first kappa shape index (κ1) is 13.3. The summed E-state index contributed by atoms with van der Waals surface area (Å²) in [4.78, 5) is 2.69. The van der Waals surface area contributed by atoms with Crippen LogP contribution in [0.25, 0.3) is 0 Å². The fraction of sp³-hybridized carbons (Fsp3) is 1.00. The van der Waals surface area contributed by atoms with Gasteiger partial charge in [-0.05, 0) is 51.5 Å². The van der Waals surface area contributed by atoms with Gasteiger partial charge >= 0.3 is 0 Å². The van der Waals surface area contributed by atoms with Gasteiger partial charge in [-0.3, -0.25) is 4.90 Å². The first-order chi connectivity index (χ1) is 8.18. The van der Waals surface area contributed by atoms with E-state index in [1.54, 1.807) is 0 Å². The second kappa shape index (κ2) is 5.68. The van der Waals surface area contributed by atoms with E-state index in [1.807, 2.05) is 0 Å². The van der Waals surface area contributed by atoms with Crippen LogP contribution in [0.5, 0.6) is 0 Å². The predicted octanol–water partition coefficient (Wildman–Crippen LogP) is 1.88. The highest BCUT2D eigenvalue weighted by Crippen LogP contribution is 2.36. The highest BCUT2D eigenvalue weighted by molar-refractivity contribution is 4.97. The molecule has 0 aromatic carbocycles. The Hall–Kier alpha value is -0.120. The van der Waals surface area contributed by atoms with E-state index < -0.39 is 0 Å². The van der Waals surface area contributed by atoms with Gasteiger partial charge in [0.25, 0.3) is 0 Å². The van der Waals surface area contributed by atoms with Gasteiger partial charge < -0.3 is 10.8 Å². The number of aliphatic hydroxyl groups excluding tert-OH is 1. The van der Waals surface area contributed by atoms with E-state index in [0.717, 1.165) is 18.9 Å². The van der Waals surface area contributed by atoms with Crippen LogP contribution in [0.15, 0.2) is 0 Å². The van der Waals surface area contributed by atoms with Crippen molar-refractivity contribution in [3.8, 4) is 0 Å². The second-order valence-corrected chi connectivity index (χ2v) is 6.09. The third kappa shape index (κ3) is 3.43. The molecule has 0 bridgehead atoms. The van der Waals surface area contributed by atoms with Crippen molar-refractivity contribution in [3.05, 3.63) is 0 Å². The van der Waals surface area contributed by atoms with E-state index >= 15 is 0 Å². The molecule has 17 heavy (non-hydrogen) atoms. The Morgan fingerprint density at radius 3 is 2.65 bits per heavy atom. The minimum absolute atomic E-state index is 0.149. The van der Waals surface area contributed by atoms with Crippen molar-refractivity contribution in [2.45, 2.75) is 75.9 Å². The van der Waals surface area contributed by atoms with Crippen LogP contribution in [0.2, 0.25) is 0 Å². The van der Waals surface area contributed by atoms with Crippen LogP contribution in [-0.2, 0) is 0 Å². The van der Waals surface area contributed by atoms with Gasteiger partial charge in [0.05, 0.1) is 6.61 Å². The van der Waals surface area contributed by atoms with Crippen LogP contribution in [0, 0.1) is 0 Å². The molecule has 0 aliphatic heterocycles. The van der Waals surface area contributed by atoms with Crippen LogP contribution in [-0.4, -0.2) is 40.8 Å². The monoisotopic (exact) mass is 240 g/mol. The Morgan fingerprint density at radius 1 is 1.29 bits per heavy atom. The number of hydrogen-bond donors (Lipinski definition) is 2. The summed E-state index contributed by atoms with van der Waals surface area (Å²) < 4.78 is 0. The van der Waals surface area contributed by atoms with E-state index in [4.69, 9.17) is 5.73 Å². The molecule has 0 heterocycles. The van der Waals surface area contributed by atoms with Crippen molar-refractivity contribution < 1.29 is 5.11 Å². The van der Waals surface area contributed by atoms with Gasteiger partial charge in [0.15, 0.2) is 0 Å². The van der Waals surface area contributed by atoms with Crippen LogP contribution in [0.3, 0.4) is 0 Å². The third-order valence-corrected chi connectivity index (χ3v) is 4.42. The molecule has 2 fully saturated rings. The summed E-state index contributed by atoms with van der Waals surface area (Å²) in [6, 6.07) is 1.45. The largest absolute Gasteiger partial charge is 0.394 e. The zero-order valence-corrected chi connectivity index (χ0v) is 11.2. The Morgan fingerprint density at radius 2 is 2.06 bits per heavy atom.